The number of aliphatic hydroxyl groups is 2. The molecule has 0 spiro atoms. The highest BCUT2D eigenvalue weighted by atomic mass is 16.7. The van der Waals surface area contributed by atoms with E-state index in [1.165, 1.54) is 14.0 Å². The molecule has 0 radical (unpaired) electrons. The van der Waals surface area contributed by atoms with Gasteiger partial charge in [0.15, 0.2) is 18.7 Å². The molecule has 16 heteroatoms. The third-order valence-electron chi connectivity index (χ3n) is 11.7. The molecule has 0 aromatic rings. The van der Waals surface area contributed by atoms with Crippen LogP contribution in [0.4, 0.5) is 0 Å². The Labute approximate surface area is 345 Å². The summed E-state index contributed by atoms with van der Waals surface area (Å²) in [6.45, 7) is 14.1. The van der Waals surface area contributed by atoms with Crippen LogP contribution in [0.15, 0.2) is 0 Å². The van der Waals surface area contributed by atoms with Crippen molar-refractivity contribution in [1.82, 2.24) is 9.80 Å². The summed E-state index contributed by atoms with van der Waals surface area (Å²) in [5.74, 6) is -2.01. The summed E-state index contributed by atoms with van der Waals surface area (Å²) in [6.07, 6.45) is -6.81. The third kappa shape index (κ3) is 13.9. The Morgan fingerprint density at radius 2 is 1.64 bits per heavy atom. The van der Waals surface area contributed by atoms with E-state index in [4.69, 9.17) is 37.9 Å². The van der Waals surface area contributed by atoms with Gasteiger partial charge >= 0.3 is 17.9 Å². The van der Waals surface area contributed by atoms with Crippen molar-refractivity contribution in [2.24, 2.45) is 17.8 Å². The lowest BCUT2D eigenvalue weighted by Gasteiger charge is -2.50. The molecule has 2 N–H and O–H groups in total. The lowest BCUT2D eigenvalue weighted by atomic mass is 9.80. The van der Waals surface area contributed by atoms with E-state index in [1.807, 2.05) is 34.9 Å². The minimum atomic E-state index is -1.48. The maximum absolute atomic E-state index is 13.3. The van der Waals surface area contributed by atoms with Crippen molar-refractivity contribution in [3.63, 3.8) is 0 Å². The van der Waals surface area contributed by atoms with Gasteiger partial charge in [-0.15, -0.1) is 0 Å². The summed E-state index contributed by atoms with van der Waals surface area (Å²) in [5, 5.41) is 23.6. The number of carbonyl (C=O) groups is 4. The van der Waals surface area contributed by atoms with Crippen molar-refractivity contribution in [3.8, 4) is 0 Å². The Hall–Kier alpha value is -2.28. The van der Waals surface area contributed by atoms with E-state index < -0.39 is 96.9 Å². The van der Waals surface area contributed by atoms with Gasteiger partial charge in [0.25, 0.3) is 0 Å². The molecule has 0 amide bonds. The molecule has 3 saturated heterocycles. The number of ether oxygens (including phenoxy) is 8. The molecule has 3 rings (SSSR count). The number of aliphatic hydroxyl groups excluding tert-OH is 1. The topological polar surface area (TPSA) is 189 Å². The second-order valence-corrected chi connectivity index (χ2v) is 17.9. The van der Waals surface area contributed by atoms with E-state index in [9.17, 15) is 29.4 Å². The summed E-state index contributed by atoms with van der Waals surface area (Å²) in [5.41, 5.74) is -1.48. The van der Waals surface area contributed by atoms with Crippen molar-refractivity contribution in [3.05, 3.63) is 0 Å². The zero-order chi connectivity index (χ0) is 43.6. The van der Waals surface area contributed by atoms with Gasteiger partial charge in [0.1, 0.15) is 36.3 Å². The van der Waals surface area contributed by atoms with Crippen LogP contribution in [0.3, 0.4) is 0 Å². The first-order valence-electron chi connectivity index (χ1n) is 21.0. The fourth-order valence-corrected chi connectivity index (χ4v) is 9.06. The first kappa shape index (κ1) is 50.1. The molecule has 58 heavy (non-hydrogen) atoms. The Kier molecular flexibility index (Phi) is 19.5. The van der Waals surface area contributed by atoms with Crippen LogP contribution in [-0.4, -0.2) is 165 Å². The minimum absolute atomic E-state index is 0.0216. The largest absolute Gasteiger partial charge is 0.463 e. The Balaban J connectivity index is 1.98. The van der Waals surface area contributed by atoms with E-state index >= 15 is 0 Å². The lowest BCUT2D eigenvalue weighted by molar-refractivity contribution is -0.344. The number of carbonyl (C=O) groups excluding carboxylic acids is 4. The maximum atomic E-state index is 13.3. The van der Waals surface area contributed by atoms with E-state index in [0.29, 0.717) is 12.8 Å². The summed E-state index contributed by atoms with van der Waals surface area (Å²) in [4.78, 5) is 54.7. The highest BCUT2D eigenvalue weighted by molar-refractivity contribution is 5.72. The van der Waals surface area contributed by atoms with Crippen LogP contribution in [0.5, 0.6) is 0 Å². The predicted octanol–water partition coefficient (Wildman–Crippen LogP) is 3.25. The van der Waals surface area contributed by atoms with Crippen molar-refractivity contribution in [2.75, 3.05) is 35.3 Å². The molecule has 0 bridgehead atoms. The molecular weight excluding hydrogens is 756 g/mol. The molecule has 3 aliphatic heterocycles. The highest BCUT2D eigenvalue weighted by Crippen LogP contribution is 2.38. The third-order valence-corrected chi connectivity index (χ3v) is 11.7. The average Bonchev–Trinajstić information content (AvgIpc) is 3.08. The molecule has 3 aliphatic rings. The molecular formula is C42H74N2O14. The fourth-order valence-electron chi connectivity index (χ4n) is 9.06. The first-order chi connectivity index (χ1) is 27.1. The number of likely N-dealkylation sites (N-methyl/N-ethyl adjacent to an activating group) is 1. The number of rotatable bonds is 13. The normalized spacial score (nSPS) is 39.8. The zero-order valence-corrected chi connectivity index (χ0v) is 37.2. The number of nitrogens with zero attached hydrogens (tertiary/aromatic N) is 2. The van der Waals surface area contributed by atoms with Crippen molar-refractivity contribution < 1.29 is 67.3 Å². The molecule has 0 aromatic heterocycles. The molecule has 16 nitrogen and oxygen atoms in total. The van der Waals surface area contributed by atoms with Crippen LogP contribution in [-0.2, 0) is 57.1 Å². The van der Waals surface area contributed by atoms with Crippen molar-refractivity contribution in [2.45, 2.75) is 192 Å². The van der Waals surface area contributed by atoms with Gasteiger partial charge < -0.3 is 62.7 Å². The van der Waals surface area contributed by atoms with Crippen LogP contribution in [0.25, 0.3) is 0 Å². The highest BCUT2D eigenvalue weighted by Gasteiger charge is 2.53. The standard InChI is InChI=1S/C42H74N2O14/c1-23(2)19-32(47)56-40-27(6)53-34(22-42(40,8)50)57-37-26(5)54-41(36(49)35(37)44(11)12)58-38-29(17-18-45)20-24(3)30(43(9)10)16-14-15-25(4)52-33(48)21-31(39(38)51-13)55-28(7)46/h18,23-27,29-31,34-41,49-50H,14-17,19-22H2,1-13H3/t24-,25-,26-,27+,29+,30+,31-,34+,35-,36-,37?,38+,39+,40+,41+,42-/m1/s1. The molecule has 16 atom stereocenters. The van der Waals surface area contributed by atoms with Gasteiger partial charge in [-0.05, 0) is 99.3 Å². The van der Waals surface area contributed by atoms with Gasteiger partial charge in [-0.25, -0.2) is 0 Å². The molecule has 3 heterocycles. The van der Waals surface area contributed by atoms with Gasteiger partial charge in [-0.3, -0.25) is 14.4 Å². The van der Waals surface area contributed by atoms with E-state index in [1.54, 1.807) is 39.8 Å². The Morgan fingerprint density at radius 1 is 0.966 bits per heavy atom. The minimum Gasteiger partial charge on any atom is -0.463 e. The summed E-state index contributed by atoms with van der Waals surface area (Å²) >= 11 is 0. The van der Waals surface area contributed by atoms with Gasteiger partial charge in [0.2, 0.25) is 0 Å². The molecule has 1 unspecified atom stereocenters. The van der Waals surface area contributed by atoms with Gasteiger partial charge in [0, 0.05) is 39.3 Å². The second-order valence-electron chi connectivity index (χ2n) is 17.9. The van der Waals surface area contributed by atoms with Gasteiger partial charge in [0.05, 0.1) is 36.9 Å². The smallest absolute Gasteiger partial charge is 0.309 e. The summed E-state index contributed by atoms with van der Waals surface area (Å²) in [7, 11) is 9.01. The van der Waals surface area contributed by atoms with E-state index in [-0.39, 0.29) is 49.7 Å². The van der Waals surface area contributed by atoms with Crippen LogP contribution >= 0.6 is 0 Å². The van der Waals surface area contributed by atoms with Crippen molar-refractivity contribution in [1.29, 1.82) is 0 Å². The number of hydrogen-bond donors (Lipinski definition) is 2. The Morgan fingerprint density at radius 3 is 2.19 bits per heavy atom. The second kappa shape index (κ2) is 22.5. The average molecular weight is 831 g/mol. The van der Waals surface area contributed by atoms with Crippen molar-refractivity contribution >= 4 is 24.2 Å². The molecule has 3 fully saturated rings. The number of methoxy groups -OCH3 is 1. The molecule has 0 saturated carbocycles. The van der Waals surface area contributed by atoms with Crippen LogP contribution in [0, 0.1) is 17.8 Å². The molecule has 0 aromatic carbocycles. The van der Waals surface area contributed by atoms with Gasteiger partial charge in [-0.1, -0.05) is 20.8 Å². The quantitative estimate of drug-likeness (QED) is 0.156. The van der Waals surface area contributed by atoms with E-state index in [2.05, 4.69) is 11.8 Å². The monoisotopic (exact) mass is 831 g/mol. The summed E-state index contributed by atoms with van der Waals surface area (Å²) < 4.78 is 49.1. The number of hydrogen-bond acceptors (Lipinski definition) is 16. The fraction of sp³-hybridized carbons (Fsp3) is 0.905. The maximum Gasteiger partial charge on any atom is 0.309 e. The number of cyclic esters (lactones) is 1. The van der Waals surface area contributed by atoms with E-state index in [0.717, 1.165) is 19.1 Å². The van der Waals surface area contributed by atoms with Gasteiger partial charge in [-0.2, -0.15) is 0 Å². The summed E-state index contributed by atoms with van der Waals surface area (Å²) in [6, 6.07) is -0.618. The zero-order valence-electron chi connectivity index (χ0n) is 37.2. The molecule has 336 valence electrons. The van der Waals surface area contributed by atoms with Crippen LogP contribution < -0.4 is 0 Å². The predicted molar refractivity (Wildman–Crippen MR) is 212 cm³/mol. The number of esters is 3. The lowest BCUT2D eigenvalue weighted by Crippen LogP contribution is -2.66. The van der Waals surface area contributed by atoms with Crippen LogP contribution in [0.2, 0.25) is 0 Å². The molecule has 0 aliphatic carbocycles. The Bertz CT molecular complexity index is 1310. The SMILES string of the molecule is CO[C@@H]1[C@@H](O[C@@H]2O[C@H](C)C(O[C@H]3C[C@@](C)(O)[C@@H](OC(=O)CC(C)C)[C@H](C)O3)[C@H](N(C)C)[C@H]2O)[C@@H](CC=O)C[C@@H](C)[C@@H](N(C)C)CCC[C@@H](C)OC(=O)C[C@H]1OC(C)=O. The number of aldehydes is 1. The van der Waals surface area contributed by atoms with Crippen LogP contribution in [0.1, 0.15) is 107 Å². The first-order valence-corrected chi connectivity index (χ1v) is 21.0.